The number of sulfonamides is 1. The summed E-state index contributed by atoms with van der Waals surface area (Å²) in [6.07, 6.45) is 3.49. The fourth-order valence-electron chi connectivity index (χ4n) is 4.42. The van der Waals surface area contributed by atoms with E-state index in [0.717, 1.165) is 6.26 Å². The topological polar surface area (TPSA) is 135 Å². The van der Waals surface area contributed by atoms with Crippen LogP contribution in [0.2, 0.25) is 0 Å². The molecule has 0 bridgehead atoms. The summed E-state index contributed by atoms with van der Waals surface area (Å²) in [6.45, 7) is 0.257. The van der Waals surface area contributed by atoms with Crippen LogP contribution in [-0.2, 0) is 10.0 Å². The summed E-state index contributed by atoms with van der Waals surface area (Å²) in [4.78, 5) is 22.2. The molecule has 3 aromatic heterocycles. The van der Waals surface area contributed by atoms with Gasteiger partial charge in [0, 0.05) is 6.20 Å². The van der Waals surface area contributed by atoms with Crippen molar-refractivity contribution in [3.05, 3.63) is 77.1 Å². The minimum Gasteiger partial charge on any atom is -0.484 e. The van der Waals surface area contributed by atoms with Crippen molar-refractivity contribution in [1.82, 2.24) is 24.7 Å². The Labute approximate surface area is 209 Å². The molecule has 0 spiro atoms. The van der Waals surface area contributed by atoms with Crippen LogP contribution in [0.1, 0.15) is 0 Å². The summed E-state index contributed by atoms with van der Waals surface area (Å²) < 4.78 is 48.0. The standard InChI is InChI=1S/C24H20FN7O4S/c1-37(34,35)31-13-14(36-20-9-5-4-8-19(20)31)10-26-24-27-11-15-21-16(12-28-30-21)23(33)32(22(15)29-24)18-7-3-2-6-17(18)25/h2-9,11-12,14H,10,13H2,1H3,(H,28,30)(H,26,27,29). The van der Waals surface area contributed by atoms with Crippen molar-refractivity contribution < 1.29 is 17.5 Å². The molecule has 13 heteroatoms. The predicted octanol–water partition coefficient (Wildman–Crippen LogP) is 2.44. The lowest BCUT2D eigenvalue weighted by molar-refractivity contribution is 0.212. The molecule has 1 unspecified atom stereocenters. The van der Waals surface area contributed by atoms with E-state index in [0.29, 0.717) is 22.3 Å². The first-order chi connectivity index (χ1) is 17.8. The van der Waals surface area contributed by atoms with E-state index in [1.54, 1.807) is 30.3 Å². The number of fused-ring (bicyclic) bond motifs is 4. The van der Waals surface area contributed by atoms with Gasteiger partial charge in [0.05, 0.1) is 53.2 Å². The third-order valence-electron chi connectivity index (χ3n) is 6.10. The Morgan fingerprint density at radius 3 is 2.65 bits per heavy atom. The zero-order valence-electron chi connectivity index (χ0n) is 19.4. The largest absolute Gasteiger partial charge is 0.484 e. The number of pyridine rings is 1. The molecule has 1 aliphatic rings. The molecule has 0 aliphatic carbocycles. The molecular formula is C24H20FN7O4S. The quantitative estimate of drug-likeness (QED) is 0.360. The maximum absolute atomic E-state index is 14.7. The third-order valence-corrected chi connectivity index (χ3v) is 7.25. The van der Waals surface area contributed by atoms with Crippen molar-refractivity contribution in [2.45, 2.75) is 6.10 Å². The SMILES string of the molecule is CS(=O)(=O)N1CC(CNc2ncc3c4[nH]ncc4c(=O)n(-c4ccccc4F)c3n2)Oc2ccccc21. The van der Waals surface area contributed by atoms with Crippen LogP contribution in [0, 0.1) is 5.82 Å². The fourth-order valence-corrected chi connectivity index (χ4v) is 5.37. The second-order valence-electron chi connectivity index (χ2n) is 8.56. The number of benzene rings is 2. The fraction of sp³-hybridized carbons (Fsp3) is 0.167. The van der Waals surface area contributed by atoms with E-state index in [2.05, 4.69) is 25.5 Å². The van der Waals surface area contributed by atoms with Crippen LogP contribution in [0.4, 0.5) is 16.0 Å². The van der Waals surface area contributed by atoms with E-state index in [1.807, 2.05) is 0 Å². The molecule has 1 aliphatic heterocycles. The third kappa shape index (κ3) is 3.93. The molecule has 0 saturated heterocycles. The second-order valence-corrected chi connectivity index (χ2v) is 10.5. The lowest BCUT2D eigenvalue weighted by Crippen LogP contribution is -2.46. The van der Waals surface area contributed by atoms with Crippen molar-refractivity contribution in [1.29, 1.82) is 0 Å². The lowest BCUT2D eigenvalue weighted by atomic mass is 10.2. The van der Waals surface area contributed by atoms with Crippen LogP contribution < -0.4 is 19.9 Å². The van der Waals surface area contributed by atoms with Crippen molar-refractivity contribution in [3.8, 4) is 11.4 Å². The summed E-state index contributed by atoms with van der Waals surface area (Å²) in [6, 6.07) is 12.8. The normalized spacial score (nSPS) is 15.5. The van der Waals surface area contributed by atoms with Gasteiger partial charge in [-0.2, -0.15) is 10.1 Å². The number of para-hydroxylation sites is 3. The van der Waals surface area contributed by atoms with E-state index < -0.39 is 27.5 Å². The zero-order valence-corrected chi connectivity index (χ0v) is 20.2. The minimum atomic E-state index is -3.53. The maximum atomic E-state index is 14.7. The van der Waals surface area contributed by atoms with Crippen LogP contribution in [0.3, 0.4) is 0 Å². The van der Waals surface area contributed by atoms with Gasteiger partial charge in [-0.1, -0.05) is 24.3 Å². The van der Waals surface area contributed by atoms with E-state index in [4.69, 9.17) is 4.74 Å². The first-order valence-electron chi connectivity index (χ1n) is 11.3. The van der Waals surface area contributed by atoms with Crippen molar-refractivity contribution in [3.63, 3.8) is 0 Å². The molecule has 2 N–H and O–H groups in total. The zero-order chi connectivity index (χ0) is 25.7. The van der Waals surface area contributed by atoms with Gasteiger partial charge in [-0.15, -0.1) is 0 Å². The highest BCUT2D eigenvalue weighted by molar-refractivity contribution is 7.92. The smallest absolute Gasteiger partial charge is 0.267 e. The van der Waals surface area contributed by atoms with Gasteiger partial charge in [-0.05, 0) is 24.3 Å². The summed E-state index contributed by atoms with van der Waals surface area (Å²) >= 11 is 0. The molecule has 0 amide bonds. The highest BCUT2D eigenvalue weighted by Gasteiger charge is 2.31. The van der Waals surface area contributed by atoms with Gasteiger partial charge in [-0.25, -0.2) is 17.8 Å². The number of hydrogen-bond acceptors (Lipinski definition) is 8. The second kappa shape index (κ2) is 8.55. The lowest BCUT2D eigenvalue weighted by Gasteiger charge is -2.34. The number of H-pyrrole nitrogens is 1. The number of aromatic nitrogens is 5. The summed E-state index contributed by atoms with van der Waals surface area (Å²) in [7, 11) is -3.53. The molecule has 37 heavy (non-hydrogen) atoms. The molecule has 5 aromatic rings. The maximum Gasteiger partial charge on any atom is 0.267 e. The minimum absolute atomic E-state index is 0.0428. The molecule has 188 valence electrons. The Kier molecular flexibility index (Phi) is 5.30. The number of aromatic amines is 1. The molecule has 0 fully saturated rings. The van der Waals surface area contributed by atoms with Gasteiger partial charge in [0.2, 0.25) is 16.0 Å². The van der Waals surface area contributed by atoms with E-state index in [1.165, 1.54) is 39.5 Å². The number of anilines is 2. The van der Waals surface area contributed by atoms with Crippen LogP contribution >= 0.6 is 0 Å². The van der Waals surface area contributed by atoms with E-state index in [9.17, 15) is 17.6 Å². The first-order valence-corrected chi connectivity index (χ1v) is 13.1. The number of halogens is 1. The summed E-state index contributed by atoms with van der Waals surface area (Å²) in [5.74, 6) is 0.0154. The Hall–Kier alpha value is -4.52. The van der Waals surface area contributed by atoms with Crippen molar-refractivity contribution in [2.75, 3.05) is 29.0 Å². The highest BCUT2D eigenvalue weighted by atomic mass is 32.2. The van der Waals surface area contributed by atoms with Crippen LogP contribution in [0.15, 0.2) is 65.7 Å². The van der Waals surface area contributed by atoms with Gasteiger partial charge < -0.3 is 10.1 Å². The van der Waals surface area contributed by atoms with Crippen molar-refractivity contribution >= 4 is 43.6 Å². The van der Waals surface area contributed by atoms with E-state index in [-0.39, 0.29) is 35.8 Å². The molecule has 0 radical (unpaired) electrons. The number of nitrogens with zero attached hydrogens (tertiary/aromatic N) is 5. The number of rotatable bonds is 5. The molecule has 0 saturated carbocycles. The molecule has 6 rings (SSSR count). The van der Waals surface area contributed by atoms with Gasteiger partial charge in [0.1, 0.15) is 17.7 Å². The molecule has 2 aromatic carbocycles. The Morgan fingerprint density at radius 2 is 1.86 bits per heavy atom. The monoisotopic (exact) mass is 521 g/mol. The van der Waals surface area contributed by atoms with Gasteiger partial charge in [0.25, 0.3) is 5.56 Å². The number of hydrogen-bond donors (Lipinski definition) is 2. The summed E-state index contributed by atoms with van der Waals surface area (Å²) in [5, 5.41) is 10.6. The Bertz CT molecular complexity index is 1840. The molecule has 11 nitrogen and oxygen atoms in total. The highest BCUT2D eigenvalue weighted by Crippen LogP contribution is 2.34. The molecule has 4 heterocycles. The Morgan fingerprint density at radius 1 is 1.11 bits per heavy atom. The number of ether oxygens (including phenoxy) is 1. The van der Waals surface area contributed by atoms with Crippen LogP contribution in [0.25, 0.3) is 27.6 Å². The first kappa shape index (κ1) is 22.9. The van der Waals surface area contributed by atoms with Gasteiger partial charge in [0.15, 0.2) is 5.65 Å². The Balaban J connectivity index is 1.38. The average Bonchev–Trinajstić information content (AvgIpc) is 3.38. The molecular weight excluding hydrogens is 501 g/mol. The van der Waals surface area contributed by atoms with Gasteiger partial charge >= 0.3 is 0 Å². The predicted molar refractivity (Wildman–Crippen MR) is 136 cm³/mol. The van der Waals surface area contributed by atoms with E-state index >= 15 is 0 Å². The van der Waals surface area contributed by atoms with Crippen molar-refractivity contribution in [2.24, 2.45) is 0 Å². The van der Waals surface area contributed by atoms with Crippen LogP contribution in [-0.4, -0.2) is 58.6 Å². The van der Waals surface area contributed by atoms with Gasteiger partial charge in [-0.3, -0.25) is 18.8 Å². The van der Waals surface area contributed by atoms with Crippen LogP contribution in [0.5, 0.6) is 5.75 Å². The number of nitrogens with one attached hydrogen (secondary N) is 2. The molecule has 1 atom stereocenters. The average molecular weight is 522 g/mol. The summed E-state index contributed by atoms with van der Waals surface area (Å²) in [5.41, 5.74) is 0.649.